The summed E-state index contributed by atoms with van der Waals surface area (Å²) in [6.07, 6.45) is -11.6. The summed E-state index contributed by atoms with van der Waals surface area (Å²) in [6, 6.07) is 1.47. The normalized spacial score (nSPS) is 49.1. The van der Waals surface area contributed by atoms with Crippen LogP contribution < -0.4 is 0 Å². The highest BCUT2D eigenvalue weighted by molar-refractivity contribution is 5.85. The quantitative estimate of drug-likeness (QED) is 0.257. The molecule has 3 aliphatic heterocycles. The van der Waals surface area contributed by atoms with E-state index in [1.54, 1.807) is 6.92 Å². The van der Waals surface area contributed by atoms with E-state index in [1.165, 1.54) is 46.3 Å². The van der Waals surface area contributed by atoms with Crippen molar-refractivity contribution in [2.75, 3.05) is 7.11 Å². The van der Waals surface area contributed by atoms with Crippen LogP contribution in [0.25, 0.3) is 0 Å². The Morgan fingerprint density at radius 2 is 1.46 bits per heavy atom. The van der Waals surface area contributed by atoms with Gasteiger partial charge in [0, 0.05) is 56.9 Å². The van der Waals surface area contributed by atoms with Gasteiger partial charge in [0.15, 0.2) is 17.3 Å². The van der Waals surface area contributed by atoms with E-state index in [9.17, 15) is 43.8 Å². The Hall–Kier alpha value is -4.63. The summed E-state index contributed by atoms with van der Waals surface area (Å²) < 4.78 is 68.5. The molecule has 1 aromatic heterocycles. The van der Waals surface area contributed by atoms with E-state index >= 15 is 0 Å². The molecule has 0 radical (unpaired) electrons. The molecule has 4 heterocycles. The highest BCUT2D eigenvalue weighted by Gasteiger charge is 3.12. The number of esters is 7. The molecule has 4 bridgehead atoms. The summed E-state index contributed by atoms with van der Waals surface area (Å²) in [6.45, 7) is 11.6. The molecule has 8 aliphatic rings. The topological polar surface area (TPSA) is 265 Å². The van der Waals surface area contributed by atoms with Gasteiger partial charge in [-0.05, 0) is 18.9 Å². The number of rotatable bonds is 9. The molecule has 20 nitrogen and oxygen atoms in total. The van der Waals surface area contributed by atoms with Crippen molar-refractivity contribution in [2.45, 2.75) is 146 Å². The van der Waals surface area contributed by atoms with Gasteiger partial charge in [0.1, 0.15) is 35.6 Å². The van der Waals surface area contributed by atoms with Crippen LogP contribution in [-0.4, -0.2) is 124 Å². The van der Waals surface area contributed by atoms with Crippen LogP contribution in [0.3, 0.4) is 0 Å². The van der Waals surface area contributed by atoms with Crippen molar-refractivity contribution in [3.05, 3.63) is 24.2 Å². The zero-order valence-electron chi connectivity index (χ0n) is 35.1. The van der Waals surface area contributed by atoms with Crippen molar-refractivity contribution < 1.29 is 95.6 Å². The van der Waals surface area contributed by atoms with Crippen molar-refractivity contribution in [2.24, 2.45) is 33.5 Å². The number of fused-ring (bicyclic) bond motifs is 2. The summed E-state index contributed by atoms with van der Waals surface area (Å²) in [5.41, 5.74) is -18.1. The maximum absolute atomic E-state index is 14.8. The van der Waals surface area contributed by atoms with Gasteiger partial charge < -0.3 is 62.0 Å². The van der Waals surface area contributed by atoms with Crippen LogP contribution in [0.4, 0.5) is 0 Å². The van der Waals surface area contributed by atoms with E-state index in [4.69, 9.17) is 51.8 Å². The Labute approximate surface area is 348 Å². The van der Waals surface area contributed by atoms with Gasteiger partial charge in [-0.1, -0.05) is 27.7 Å². The average Bonchev–Trinajstić information content (AvgIpc) is 3.35. The fourth-order valence-corrected chi connectivity index (χ4v) is 14.5. The fraction of sp³-hybridized carbons (Fsp3) is 0.732. The molecule has 61 heavy (non-hydrogen) atoms. The van der Waals surface area contributed by atoms with Crippen LogP contribution in [0, 0.1) is 33.5 Å². The molecule has 5 saturated carbocycles. The third kappa shape index (κ3) is 4.17. The van der Waals surface area contributed by atoms with Crippen LogP contribution in [0.5, 0.6) is 0 Å². The highest BCUT2D eigenvalue weighted by atomic mass is 16.9. The van der Waals surface area contributed by atoms with Gasteiger partial charge in [-0.3, -0.25) is 24.0 Å². The summed E-state index contributed by atoms with van der Waals surface area (Å²) in [5.74, 6) is -11.9. The molecule has 0 amide bonds. The third-order valence-electron chi connectivity index (χ3n) is 15.5. The molecule has 1 unspecified atom stereocenters. The van der Waals surface area contributed by atoms with Gasteiger partial charge in [-0.15, -0.1) is 0 Å². The van der Waals surface area contributed by atoms with Crippen molar-refractivity contribution in [1.29, 1.82) is 0 Å². The SMILES string of the molecule is COC(=O)[C@H](OC(C)=O)[C@H]1[C@]2(C)C[C@]34OC5(C)O[C@@]6([C@H](O)[C@H](OC(C)=O)[C@]78C[C@]7([C@@H](OC(C)=O)C(=O)O[C@H]8c7ccoc7)[C@@]6(O5)[C@H](OC(=O)C(C)C)[C@@]3(O)[C@H]2OC(C)=O)[C@]14C. The van der Waals surface area contributed by atoms with Crippen LogP contribution in [0.2, 0.25) is 0 Å². The second-order valence-electron chi connectivity index (χ2n) is 18.7. The van der Waals surface area contributed by atoms with E-state index in [-0.39, 0.29) is 12.0 Å². The molecule has 3 saturated heterocycles. The first-order chi connectivity index (χ1) is 28.3. The number of hydrogen-bond acceptors (Lipinski definition) is 20. The largest absolute Gasteiger partial charge is 0.472 e. The fourth-order valence-electron chi connectivity index (χ4n) is 14.5. The molecule has 332 valence electrons. The minimum Gasteiger partial charge on any atom is -0.472 e. The predicted octanol–water partition coefficient (Wildman–Crippen LogP) is 0.854. The molecule has 17 atom stereocenters. The monoisotopic (exact) mass is 860 g/mol. The molecule has 5 aliphatic carbocycles. The number of carbonyl (C=O) groups is 7. The van der Waals surface area contributed by atoms with Crippen molar-refractivity contribution >= 4 is 41.8 Å². The number of hydrogen-bond donors (Lipinski definition) is 2. The Morgan fingerprint density at radius 3 is 2.02 bits per heavy atom. The van der Waals surface area contributed by atoms with Gasteiger partial charge in [0.05, 0.1) is 36.4 Å². The molecule has 0 aromatic carbocycles. The van der Waals surface area contributed by atoms with Gasteiger partial charge >= 0.3 is 41.8 Å². The second kappa shape index (κ2) is 12.1. The average molecular weight is 861 g/mol. The highest BCUT2D eigenvalue weighted by Crippen LogP contribution is 2.96. The van der Waals surface area contributed by atoms with Crippen LogP contribution in [0.1, 0.15) is 86.8 Å². The third-order valence-corrected chi connectivity index (χ3v) is 15.5. The molecule has 1 aromatic rings. The molecule has 2 N–H and O–H groups in total. The zero-order valence-corrected chi connectivity index (χ0v) is 35.1. The molecular weight excluding hydrogens is 812 g/mol. The first-order valence-electron chi connectivity index (χ1n) is 20.0. The second-order valence-corrected chi connectivity index (χ2v) is 18.7. The van der Waals surface area contributed by atoms with Gasteiger partial charge in [-0.25, -0.2) is 9.59 Å². The van der Waals surface area contributed by atoms with Crippen molar-refractivity contribution in [1.82, 2.24) is 0 Å². The van der Waals surface area contributed by atoms with E-state index in [2.05, 4.69) is 0 Å². The smallest absolute Gasteiger partial charge is 0.348 e. The Balaban J connectivity index is 1.49. The van der Waals surface area contributed by atoms with Crippen LogP contribution in [0.15, 0.2) is 23.0 Å². The minimum absolute atomic E-state index is 0.205. The lowest BCUT2D eigenvalue weighted by molar-refractivity contribution is -0.492. The lowest BCUT2D eigenvalue weighted by atomic mass is 9.33. The van der Waals surface area contributed by atoms with Gasteiger partial charge in [0.25, 0.3) is 5.97 Å². The number of aliphatic hydroxyl groups excluding tert-OH is 1. The van der Waals surface area contributed by atoms with Gasteiger partial charge in [-0.2, -0.15) is 0 Å². The first kappa shape index (κ1) is 41.7. The molecule has 9 rings (SSSR count). The van der Waals surface area contributed by atoms with E-state index in [1.807, 2.05) is 0 Å². The minimum atomic E-state index is -2.77. The van der Waals surface area contributed by atoms with E-state index in [0.29, 0.717) is 0 Å². The molecule has 20 heteroatoms. The summed E-state index contributed by atoms with van der Waals surface area (Å²) in [7, 11) is 1.04. The molecule has 8 fully saturated rings. The Morgan fingerprint density at radius 1 is 0.820 bits per heavy atom. The Bertz CT molecular complexity index is 2190. The predicted molar refractivity (Wildman–Crippen MR) is 191 cm³/mol. The zero-order chi connectivity index (χ0) is 44.6. The summed E-state index contributed by atoms with van der Waals surface area (Å²) >= 11 is 0. The number of cyclic esters (lactones) is 1. The maximum atomic E-state index is 14.8. The van der Waals surface area contributed by atoms with Crippen molar-refractivity contribution in [3.63, 3.8) is 0 Å². The lowest BCUT2D eigenvalue weighted by Gasteiger charge is -2.77. The number of carbonyl (C=O) groups excluding carboxylic acids is 7. The summed E-state index contributed by atoms with van der Waals surface area (Å²) in [5, 5.41) is 27.9. The standard InChI is InChI=1S/C41H48O20/c1-16(2)28(47)58-32-39(50)31(56-20(6)45)33(7)14-38(39)34(8,23(33)22(29(48)51-10)53-17(3)42)40-24(46)26(54-18(4)43)36-15-37(36,41(32,40)61-35(9,59-38)60-40)27(55-19(5)44)30(49)57-25(36)21-11-12-52-13-21/h11-13,16,22-27,31-32,46,50H,14-15H2,1-10H3/t22-,23+,24-,25+,26+,27+,31+,32-,33+,34-,35?,36-,37-,38-,39+,40+,41+/m1/s1. The Kier molecular flexibility index (Phi) is 8.26. The van der Waals surface area contributed by atoms with E-state index in [0.717, 1.165) is 34.8 Å². The van der Waals surface area contributed by atoms with Crippen LogP contribution >= 0.6 is 0 Å². The first-order valence-corrected chi connectivity index (χ1v) is 20.0. The maximum Gasteiger partial charge on any atom is 0.348 e. The summed E-state index contributed by atoms with van der Waals surface area (Å²) in [4.78, 5) is 96.2. The van der Waals surface area contributed by atoms with Crippen molar-refractivity contribution in [3.8, 4) is 0 Å². The number of furan rings is 1. The molecular formula is C41H48O20. The number of aliphatic hydroxyl groups is 2. The lowest BCUT2D eigenvalue weighted by Crippen LogP contribution is -2.97. The van der Waals surface area contributed by atoms with Gasteiger partial charge in [0.2, 0.25) is 12.2 Å². The number of ether oxygens (including phenoxy) is 10. The molecule has 2 spiro atoms. The van der Waals surface area contributed by atoms with Crippen LogP contribution in [-0.2, 0) is 80.9 Å². The van der Waals surface area contributed by atoms with E-state index < -0.39 is 153 Å². The number of methoxy groups -OCH3 is 1.